The summed E-state index contributed by atoms with van der Waals surface area (Å²) in [6.45, 7) is 7.37. The fourth-order valence-electron chi connectivity index (χ4n) is 2.11. The standard InChI is InChI=1S/C13H25N7O/c1-9(21)13(2,3)18-10-15-11(19-14)17-12(16-10)20-7-5-4-6-8-20/h9,21H,4-8,14H2,1-3H3,(H2,15,16,17,18,19). The van der Waals surface area contributed by atoms with E-state index in [1.54, 1.807) is 6.92 Å². The number of hydrogen-bond donors (Lipinski definition) is 4. The molecule has 1 aromatic rings. The summed E-state index contributed by atoms with van der Waals surface area (Å²) in [6, 6.07) is 0. The molecule has 2 heterocycles. The Kier molecular flexibility index (Phi) is 4.79. The smallest absolute Gasteiger partial charge is 0.243 e. The molecule has 0 radical (unpaired) electrons. The Morgan fingerprint density at radius 1 is 1.14 bits per heavy atom. The molecule has 8 heteroatoms. The number of hydrazine groups is 1. The van der Waals surface area contributed by atoms with Crippen LogP contribution in [0.1, 0.15) is 40.0 Å². The lowest BCUT2D eigenvalue weighted by Gasteiger charge is -2.30. The first kappa shape index (κ1) is 15.7. The van der Waals surface area contributed by atoms with E-state index in [1.807, 2.05) is 13.8 Å². The second-order valence-electron chi connectivity index (χ2n) is 6.00. The van der Waals surface area contributed by atoms with Gasteiger partial charge in [0.2, 0.25) is 17.8 Å². The van der Waals surface area contributed by atoms with Gasteiger partial charge in [-0.3, -0.25) is 5.43 Å². The van der Waals surface area contributed by atoms with Crippen LogP contribution in [0.25, 0.3) is 0 Å². The molecule has 5 N–H and O–H groups in total. The van der Waals surface area contributed by atoms with Crippen LogP contribution in [-0.4, -0.2) is 44.8 Å². The first-order valence-electron chi connectivity index (χ1n) is 7.36. The largest absolute Gasteiger partial charge is 0.391 e. The van der Waals surface area contributed by atoms with Crippen molar-refractivity contribution in [1.82, 2.24) is 15.0 Å². The molecule has 21 heavy (non-hydrogen) atoms. The van der Waals surface area contributed by atoms with Crippen LogP contribution in [0.5, 0.6) is 0 Å². The number of nitrogens with one attached hydrogen (secondary N) is 2. The van der Waals surface area contributed by atoms with E-state index in [0.717, 1.165) is 25.9 Å². The summed E-state index contributed by atoms with van der Waals surface area (Å²) >= 11 is 0. The molecule has 118 valence electrons. The van der Waals surface area contributed by atoms with E-state index < -0.39 is 11.6 Å². The molecular weight excluding hydrogens is 270 g/mol. The van der Waals surface area contributed by atoms with Crippen molar-refractivity contribution < 1.29 is 5.11 Å². The lowest BCUT2D eigenvalue weighted by molar-refractivity contribution is 0.132. The predicted octanol–water partition coefficient (Wildman–Crippen LogP) is 0.719. The van der Waals surface area contributed by atoms with Gasteiger partial charge in [-0.25, -0.2) is 5.84 Å². The first-order valence-corrected chi connectivity index (χ1v) is 7.36. The number of aliphatic hydroxyl groups is 1. The van der Waals surface area contributed by atoms with Crippen molar-refractivity contribution >= 4 is 17.8 Å². The minimum absolute atomic E-state index is 0.314. The Morgan fingerprint density at radius 2 is 1.76 bits per heavy atom. The van der Waals surface area contributed by atoms with Gasteiger partial charge in [-0.15, -0.1) is 0 Å². The quantitative estimate of drug-likeness (QED) is 0.464. The molecule has 1 fully saturated rings. The zero-order chi connectivity index (χ0) is 15.5. The van der Waals surface area contributed by atoms with Gasteiger partial charge in [0.15, 0.2) is 0 Å². The number of piperidine rings is 1. The second-order valence-corrected chi connectivity index (χ2v) is 6.00. The molecule has 0 aliphatic carbocycles. The third kappa shape index (κ3) is 3.92. The highest BCUT2D eigenvalue weighted by atomic mass is 16.3. The van der Waals surface area contributed by atoms with Gasteiger partial charge in [-0.1, -0.05) is 0 Å². The number of nitrogens with zero attached hydrogens (tertiary/aromatic N) is 4. The van der Waals surface area contributed by atoms with Crippen molar-refractivity contribution in [3.05, 3.63) is 0 Å². The minimum Gasteiger partial charge on any atom is -0.391 e. The molecule has 1 aliphatic heterocycles. The van der Waals surface area contributed by atoms with Gasteiger partial charge < -0.3 is 15.3 Å². The fourth-order valence-corrected chi connectivity index (χ4v) is 2.11. The number of aliphatic hydroxyl groups excluding tert-OH is 1. The Balaban J connectivity index is 2.24. The van der Waals surface area contributed by atoms with Gasteiger partial charge in [0.05, 0.1) is 11.6 Å². The number of anilines is 3. The number of hydrogen-bond acceptors (Lipinski definition) is 8. The highest BCUT2D eigenvalue weighted by molar-refractivity contribution is 5.44. The lowest BCUT2D eigenvalue weighted by atomic mass is 9.99. The maximum atomic E-state index is 9.80. The van der Waals surface area contributed by atoms with Crippen molar-refractivity contribution in [3.8, 4) is 0 Å². The molecule has 0 amide bonds. The van der Waals surface area contributed by atoms with Crippen molar-refractivity contribution in [2.75, 3.05) is 28.7 Å². The van der Waals surface area contributed by atoms with Gasteiger partial charge >= 0.3 is 0 Å². The fraction of sp³-hybridized carbons (Fsp3) is 0.769. The summed E-state index contributed by atoms with van der Waals surface area (Å²) in [4.78, 5) is 15.1. The summed E-state index contributed by atoms with van der Waals surface area (Å²) in [5.74, 6) is 6.78. The molecule has 0 bridgehead atoms. The lowest BCUT2D eigenvalue weighted by Crippen LogP contribution is -2.42. The molecular formula is C13H25N7O. The van der Waals surface area contributed by atoms with Gasteiger partial charge in [-0.05, 0) is 40.0 Å². The normalized spacial score (nSPS) is 17.5. The summed E-state index contributed by atoms with van der Waals surface area (Å²) in [6.07, 6.45) is 2.96. The number of rotatable bonds is 5. The van der Waals surface area contributed by atoms with Crippen molar-refractivity contribution in [2.45, 2.75) is 51.7 Å². The second kappa shape index (κ2) is 6.40. The maximum Gasteiger partial charge on any atom is 0.243 e. The number of aromatic nitrogens is 3. The van der Waals surface area contributed by atoms with Gasteiger partial charge in [-0.2, -0.15) is 15.0 Å². The van der Waals surface area contributed by atoms with E-state index in [0.29, 0.717) is 17.8 Å². The average Bonchev–Trinajstić information content (AvgIpc) is 2.47. The van der Waals surface area contributed by atoms with Crippen LogP contribution in [0.3, 0.4) is 0 Å². The highest BCUT2D eigenvalue weighted by Crippen LogP contribution is 2.21. The Hall–Kier alpha value is -1.67. The van der Waals surface area contributed by atoms with Crippen LogP contribution in [0.2, 0.25) is 0 Å². The van der Waals surface area contributed by atoms with Gasteiger partial charge in [0.1, 0.15) is 0 Å². The molecule has 1 unspecified atom stereocenters. The molecule has 1 aliphatic rings. The van der Waals surface area contributed by atoms with Gasteiger partial charge in [0.25, 0.3) is 0 Å². The monoisotopic (exact) mass is 295 g/mol. The number of nitrogens with two attached hydrogens (primary N) is 1. The van der Waals surface area contributed by atoms with E-state index in [2.05, 4.69) is 30.6 Å². The molecule has 1 saturated heterocycles. The van der Waals surface area contributed by atoms with Crippen LogP contribution in [-0.2, 0) is 0 Å². The maximum absolute atomic E-state index is 9.80. The van der Waals surface area contributed by atoms with E-state index in [-0.39, 0.29) is 0 Å². The number of nitrogen functional groups attached to an aromatic ring is 1. The van der Waals surface area contributed by atoms with Crippen molar-refractivity contribution in [2.24, 2.45) is 5.84 Å². The Morgan fingerprint density at radius 3 is 2.33 bits per heavy atom. The Bertz CT molecular complexity index is 472. The van der Waals surface area contributed by atoms with E-state index in [9.17, 15) is 5.11 Å². The molecule has 0 aromatic carbocycles. The van der Waals surface area contributed by atoms with Crippen LogP contribution < -0.4 is 21.5 Å². The average molecular weight is 295 g/mol. The summed E-state index contributed by atoms with van der Waals surface area (Å²) in [5, 5.41) is 12.9. The topological polar surface area (TPSA) is 112 Å². The SMILES string of the molecule is CC(O)C(C)(C)Nc1nc(NN)nc(N2CCCCC2)n1. The first-order chi connectivity index (χ1) is 9.92. The molecule has 1 atom stereocenters. The molecule has 1 aromatic heterocycles. The van der Waals surface area contributed by atoms with Crippen LogP contribution in [0, 0.1) is 0 Å². The molecule has 0 saturated carbocycles. The summed E-state index contributed by atoms with van der Waals surface area (Å²) in [7, 11) is 0. The van der Waals surface area contributed by atoms with E-state index in [4.69, 9.17) is 5.84 Å². The summed E-state index contributed by atoms with van der Waals surface area (Å²) in [5.41, 5.74) is 1.92. The van der Waals surface area contributed by atoms with E-state index >= 15 is 0 Å². The zero-order valence-corrected chi connectivity index (χ0v) is 12.9. The van der Waals surface area contributed by atoms with E-state index in [1.165, 1.54) is 6.42 Å². The molecule has 2 rings (SSSR count). The third-order valence-corrected chi connectivity index (χ3v) is 3.87. The third-order valence-electron chi connectivity index (χ3n) is 3.87. The van der Waals surface area contributed by atoms with Crippen molar-refractivity contribution in [1.29, 1.82) is 0 Å². The molecule has 0 spiro atoms. The summed E-state index contributed by atoms with van der Waals surface area (Å²) < 4.78 is 0. The minimum atomic E-state index is -0.554. The highest BCUT2D eigenvalue weighted by Gasteiger charge is 2.26. The van der Waals surface area contributed by atoms with Crippen LogP contribution >= 0.6 is 0 Å². The molecule has 8 nitrogen and oxygen atoms in total. The van der Waals surface area contributed by atoms with Crippen LogP contribution in [0.4, 0.5) is 17.8 Å². The van der Waals surface area contributed by atoms with Crippen molar-refractivity contribution in [3.63, 3.8) is 0 Å². The Labute approximate surface area is 125 Å². The zero-order valence-electron chi connectivity index (χ0n) is 12.9. The van der Waals surface area contributed by atoms with Gasteiger partial charge in [0, 0.05) is 13.1 Å². The van der Waals surface area contributed by atoms with Crippen LogP contribution in [0.15, 0.2) is 0 Å². The predicted molar refractivity (Wildman–Crippen MR) is 83.1 cm³/mol.